The van der Waals surface area contributed by atoms with Crippen LogP contribution in [-0.4, -0.2) is 359 Å². The SMILES string of the molecule is CC(=O)NC1C(OC2C(COC3OC(C)C(O)C(O)C3O)OC(OCCCNC(=O)CCCC[C@@H]3SC[C@@H]4NC(=O)N[C@@H]43)C(NC(C)=O)C2O)OC(CO)C(OC2OC(COC3OC(CO)C(O)C(O)C3O)C(O)C(OC3OC(CO)C(O)C(O)C3O)C2O)C1O. The molecule has 37 nitrogen and oxygen atoms in total. The van der Waals surface area contributed by atoms with Crippen molar-refractivity contribution in [1.29, 1.82) is 0 Å². The second kappa shape index (κ2) is 33.2. The summed E-state index contributed by atoms with van der Waals surface area (Å²) >= 11 is 1.77. The molecule has 33 atom stereocenters. The average Bonchev–Trinajstić information content (AvgIpc) is 1.51. The summed E-state index contributed by atoms with van der Waals surface area (Å²) in [6.07, 6.45) is -48.9. The molecule has 0 bridgehead atoms. The second-order valence-electron chi connectivity index (χ2n) is 23.7. The van der Waals surface area contributed by atoms with E-state index >= 15 is 0 Å². The zero-order valence-electron chi connectivity index (χ0n) is 49.8. The number of rotatable bonds is 27. The molecule has 8 aliphatic rings. The number of nitrogens with one attached hydrogen (secondary N) is 5. The van der Waals surface area contributed by atoms with E-state index in [9.17, 15) is 101 Å². The van der Waals surface area contributed by atoms with Gasteiger partial charge in [0.1, 0.15) is 140 Å². The van der Waals surface area contributed by atoms with Gasteiger partial charge in [0.25, 0.3) is 0 Å². The van der Waals surface area contributed by atoms with Gasteiger partial charge in [0.2, 0.25) is 17.7 Å². The number of aliphatic hydroxyl groups excluding tert-OH is 16. The molecular weight excluding hydrogens is 1250 g/mol. The van der Waals surface area contributed by atoms with E-state index in [0.717, 1.165) is 32.4 Å². The minimum atomic E-state index is -2.26. The highest BCUT2D eigenvalue weighted by atomic mass is 32.2. The number of ether oxygens (including phenoxy) is 12. The van der Waals surface area contributed by atoms with Crippen molar-refractivity contribution in [3.05, 3.63) is 0 Å². The molecule has 21 N–H and O–H groups in total. The van der Waals surface area contributed by atoms with E-state index in [-0.39, 0.29) is 55.3 Å². The molecular formula is C53H89N5O32S. The second-order valence-corrected chi connectivity index (χ2v) is 25.0. The third-order valence-corrected chi connectivity index (χ3v) is 18.7. The van der Waals surface area contributed by atoms with Crippen molar-refractivity contribution in [1.82, 2.24) is 26.6 Å². The predicted molar refractivity (Wildman–Crippen MR) is 296 cm³/mol. The van der Waals surface area contributed by atoms with Gasteiger partial charge in [-0.2, -0.15) is 11.8 Å². The van der Waals surface area contributed by atoms with Crippen molar-refractivity contribution in [3.63, 3.8) is 0 Å². The molecule has 0 aromatic rings. The standard InChI is InChI=1S/C53H89N5O32S/c1-17-31(65)37(71)40(74)49(82-17)81-15-25-45(35(69)29(55-18(2)62)47(87-25)79-10-6-9-54-27(64)8-5-4-7-26-28-20(16-91-26)57-53(78)58-28)88-48-30(56-19(3)63)36(70)44(23(13-61)85-48)89-52-43(77)46(90-51-42(76)39(73)33(67)22(12-60)84-51)34(68)24(86-52)14-80-50-41(75)38(72)32(66)21(11-59)83-50/h17,20-26,28-52,59-61,65-77H,4-16H2,1-3H3,(H,54,64)(H,55,62)(H,56,63)(H2,57,58,78)/t17?,20-,21?,22?,23?,24?,25?,26-,28-,29?,30?,31?,32?,33?,34?,35?,36?,37?,38?,39?,40?,41?,42?,43?,44?,45?,46?,47?,48?,49?,50?,51?,52?/m0/s1. The third kappa shape index (κ3) is 17.6. The number of hydrogen-bond donors (Lipinski definition) is 21. The Morgan fingerprint density at radius 2 is 1.00 bits per heavy atom. The van der Waals surface area contributed by atoms with Crippen LogP contribution in [0.4, 0.5) is 4.79 Å². The number of carbonyl (C=O) groups excluding carboxylic acids is 4. The van der Waals surface area contributed by atoms with Gasteiger partial charge in [0.15, 0.2) is 37.7 Å². The number of fused-ring (bicyclic) bond motifs is 1. The Balaban J connectivity index is 0.980. The number of carbonyl (C=O) groups is 4. The van der Waals surface area contributed by atoms with E-state index in [2.05, 4.69) is 26.6 Å². The molecule has 524 valence electrons. The molecule has 0 aromatic carbocycles. The summed E-state index contributed by atoms with van der Waals surface area (Å²) in [6.45, 7) is -0.954. The monoisotopic (exact) mass is 1340 g/mol. The Labute approximate surface area is 524 Å². The first-order valence-corrected chi connectivity index (χ1v) is 31.2. The maximum atomic E-state index is 13.0. The first-order valence-electron chi connectivity index (χ1n) is 30.2. The lowest BCUT2D eigenvalue weighted by Gasteiger charge is -2.50. The van der Waals surface area contributed by atoms with Gasteiger partial charge in [-0.3, -0.25) is 14.4 Å². The van der Waals surface area contributed by atoms with Gasteiger partial charge in [-0.05, 0) is 26.2 Å². The minimum absolute atomic E-state index is 0.0429. The Morgan fingerprint density at radius 3 is 1.62 bits per heavy atom. The maximum Gasteiger partial charge on any atom is 0.315 e. The van der Waals surface area contributed by atoms with E-state index in [1.807, 2.05) is 0 Å². The molecule has 0 saturated carbocycles. The molecule has 8 rings (SSSR count). The van der Waals surface area contributed by atoms with Crippen LogP contribution in [0.5, 0.6) is 0 Å². The molecule has 8 saturated heterocycles. The predicted octanol–water partition coefficient (Wildman–Crippen LogP) is -11.5. The van der Waals surface area contributed by atoms with E-state index in [1.54, 1.807) is 11.8 Å². The Kier molecular flexibility index (Phi) is 26.9. The van der Waals surface area contributed by atoms with Crippen LogP contribution in [-0.2, 0) is 71.2 Å². The number of unbranched alkanes of at least 4 members (excludes halogenated alkanes) is 1. The highest BCUT2D eigenvalue weighted by Gasteiger charge is 2.57. The topological polar surface area (TPSA) is 563 Å². The lowest BCUT2D eigenvalue weighted by atomic mass is 9.93. The summed E-state index contributed by atoms with van der Waals surface area (Å²) in [5.74, 6) is -0.972. The fourth-order valence-electron chi connectivity index (χ4n) is 12.0. The Hall–Kier alpha value is -3.09. The molecule has 0 aromatic heterocycles. The molecule has 8 fully saturated rings. The van der Waals surface area contributed by atoms with Gasteiger partial charge in [-0.15, -0.1) is 0 Å². The van der Waals surface area contributed by atoms with E-state index < -0.39 is 229 Å². The molecule has 0 aliphatic carbocycles. The van der Waals surface area contributed by atoms with Gasteiger partial charge in [0.05, 0.1) is 57.8 Å². The van der Waals surface area contributed by atoms with Gasteiger partial charge in [-0.1, -0.05) is 6.42 Å². The summed E-state index contributed by atoms with van der Waals surface area (Å²) < 4.78 is 70.8. The highest BCUT2D eigenvalue weighted by Crippen LogP contribution is 2.37. The van der Waals surface area contributed by atoms with Crippen LogP contribution in [0.1, 0.15) is 52.9 Å². The molecule has 8 heterocycles. The molecule has 91 heavy (non-hydrogen) atoms. The summed E-state index contributed by atoms with van der Waals surface area (Å²) in [4.78, 5) is 50.4. The lowest BCUT2D eigenvalue weighted by Crippen LogP contribution is -2.70. The number of hydrogen-bond acceptors (Lipinski definition) is 33. The van der Waals surface area contributed by atoms with Gasteiger partial charge in [0, 0.05) is 37.8 Å². The van der Waals surface area contributed by atoms with Crippen LogP contribution in [0.3, 0.4) is 0 Å². The largest absolute Gasteiger partial charge is 0.394 e. The molecule has 0 radical (unpaired) electrons. The van der Waals surface area contributed by atoms with Crippen molar-refractivity contribution in [2.75, 3.05) is 51.9 Å². The normalized spacial score (nSPS) is 46.0. The summed E-state index contributed by atoms with van der Waals surface area (Å²) in [5, 5.41) is 188. The molecule has 38 heteroatoms. The van der Waals surface area contributed by atoms with Crippen LogP contribution in [0.15, 0.2) is 0 Å². The smallest absolute Gasteiger partial charge is 0.315 e. The van der Waals surface area contributed by atoms with Crippen LogP contribution in [0, 0.1) is 0 Å². The summed E-state index contributed by atoms with van der Waals surface area (Å²) in [6, 6.07) is -3.37. The van der Waals surface area contributed by atoms with Crippen molar-refractivity contribution in [2.24, 2.45) is 0 Å². The van der Waals surface area contributed by atoms with Crippen molar-refractivity contribution < 1.29 is 158 Å². The number of urea groups is 1. The van der Waals surface area contributed by atoms with Gasteiger partial charge in [-0.25, -0.2) is 4.79 Å². The van der Waals surface area contributed by atoms with Crippen molar-refractivity contribution >= 4 is 35.5 Å². The maximum absolute atomic E-state index is 13.0. The fraction of sp³-hybridized carbons (Fsp3) is 0.925. The quantitative estimate of drug-likeness (QED) is 0.0268. The van der Waals surface area contributed by atoms with E-state index in [1.165, 1.54) is 6.92 Å². The molecule has 8 aliphatic heterocycles. The van der Waals surface area contributed by atoms with E-state index in [4.69, 9.17) is 56.8 Å². The molecule has 0 spiro atoms. The van der Waals surface area contributed by atoms with Crippen molar-refractivity contribution in [2.45, 2.75) is 254 Å². The minimum Gasteiger partial charge on any atom is -0.394 e. The highest BCUT2D eigenvalue weighted by molar-refractivity contribution is 8.00. The molecule has 5 amide bonds. The summed E-state index contributed by atoms with van der Waals surface area (Å²) in [5.41, 5.74) is 0. The Bertz CT molecular complexity index is 2340. The van der Waals surface area contributed by atoms with Crippen LogP contribution in [0.2, 0.25) is 0 Å². The van der Waals surface area contributed by atoms with Crippen molar-refractivity contribution in [3.8, 4) is 0 Å². The first-order chi connectivity index (χ1) is 43.3. The fourth-order valence-corrected chi connectivity index (χ4v) is 13.6. The average molecular weight is 1340 g/mol. The number of aliphatic hydroxyl groups is 16. The number of amides is 5. The Morgan fingerprint density at radius 1 is 0.505 bits per heavy atom. The third-order valence-electron chi connectivity index (χ3n) is 17.1. The first kappa shape index (κ1) is 73.7. The lowest BCUT2D eigenvalue weighted by molar-refractivity contribution is -0.384. The van der Waals surface area contributed by atoms with Gasteiger partial charge < -0.3 is 165 Å². The van der Waals surface area contributed by atoms with Crippen LogP contribution >= 0.6 is 11.8 Å². The van der Waals surface area contributed by atoms with E-state index in [0.29, 0.717) is 6.42 Å². The van der Waals surface area contributed by atoms with Gasteiger partial charge >= 0.3 is 6.03 Å². The molecule has 30 unspecified atom stereocenters. The summed E-state index contributed by atoms with van der Waals surface area (Å²) in [7, 11) is 0. The number of thioether (sulfide) groups is 1. The zero-order chi connectivity index (χ0) is 66.3. The van der Waals surface area contributed by atoms with Crippen LogP contribution in [0.25, 0.3) is 0 Å². The zero-order valence-corrected chi connectivity index (χ0v) is 50.7. The van der Waals surface area contributed by atoms with Crippen LogP contribution < -0.4 is 26.6 Å².